The summed E-state index contributed by atoms with van der Waals surface area (Å²) in [7, 11) is 0. The number of oxime groups is 1. The van der Waals surface area contributed by atoms with E-state index in [-0.39, 0.29) is 39.4 Å². The Kier molecular flexibility index (Phi) is 8.97. The Balaban J connectivity index is 1.35. The lowest BCUT2D eigenvalue weighted by Crippen LogP contribution is -2.71. The maximum absolute atomic E-state index is 13.4. The van der Waals surface area contributed by atoms with Crippen LogP contribution in [0.1, 0.15) is 17.4 Å². The first-order chi connectivity index (χ1) is 21.4. The number of phenolic OH excluding ortho intramolecular Hbond substituents is 2. The summed E-state index contributed by atoms with van der Waals surface area (Å²) >= 11 is 3.35. The number of benzene rings is 1. The van der Waals surface area contributed by atoms with Crippen LogP contribution in [0.5, 0.6) is 11.5 Å². The van der Waals surface area contributed by atoms with Gasteiger partial charge in [0.25, 0.3) is 11.8 Å². The average Bonchev–Trinajstić information content (AvgIpc) is 3.43. The highest BCUT2D eigenvalue weighted by atomic mass is 32.2. The van der Waals surface area contributed by atoms with Crippen LogP contribution in [0.2, 0.25) is 0 Å². The van der Waals surface area contributed by atoms with Crippen molar-refractivity contribution in [3.05, 3.63) is 58.4 Å². The number of fused-ring (bicyclic) bond motifs is 1. The topological polar surface area (TPSA) is 277 Å². The highest BCUT2D eigenvalue weighted by Crippen LogP contribution is 2.41. The first-order valence-electron chi connectivity index (χ1n) is 12.6. The van der Waals surface area contributed by atoms with Gasteiger partial charge in [-0.3, -0.25) is 14.5 Å². The first-order valence-corrected chi connectivity index (χ1v) is 15.5. The highest BCUT2D eigenvalue weighted by Gasteiger charge is 2.54. The largest absolute Gasteiger partial charge is 0.504 e. The van der Waals surface area contributed by atoms with Gasteiger partial charge in [-0.1, -0.05) is 23.0 Å². The van der Waals surface area contributed by atoms with Crippen molar-refractivity contribution in [1.29, 1.82) is 0 Å². The molecule has 0 aliphatic carbocycles. The molecule has 0 spiro atoms. The van der Waals surface area contributed by atoms with Crippen LogP contribution in [0, 0.1) is 0 Å². The number of hydrogen-bond donors (Lipinski definition) is 7. The quantitative estimate of drug-likeness (QED) is 0.0366. The van der Waals surface area contributed by atoms with E-state index in [0.29, 0.717) is 10.7 Å². The van der Waals surface area contributed by atoms with Gasteiger partial charge < -0.3 is 42.0 Å². The highest BCUT2D eigenvalue weighted by molar-refractivity contribution is 8.01. The number of β-lactam (4-membered cyclic amide) rings is 1. The summed E-state index contributed by atoms with van der Waals surface area (Å²) in [5, 5.41) is 46.2. The van der Waals surface area contributed by atoms with Crippen molar-refractivity contribution in [2.75, 3.05) is 23.0 Å². The minimum Gasteiger partial charge on any atom is -0.504 e. The summed E-state index contributed by atoms with van der Waals surface area (Å²) in [4.78, 5) is 69.2. The van der Waals surface area contributed by atoms with Crippen LogP contribution < -0.4 is 16.8 Å². The minimum atomic E-state index is -1.82. The number of thiazole rings is 1. The Bertz CT molecular complexity index is 1760. The Hall–Kier alpha value is -5.08. The molecule has 0 radical (unpaired) electrons. The second-order valence-electron chi connectivity index (χ2n) is 9.25. The Morgan fingerprint density at radius 3 is 2.60 bits per heavy atom. The van der Waals surface area contributed by atoms with Crippen LogP contribution in [0.15, 0.2) is 57.4 Å². The SMILES string of the molecule is Nc1ccnc(SCC2=C(C(=O)O)N3C(=O)C(NC(=O)/C(=N\O[C@@H](C(=O)O)c4ccc(O)c(O)c4)c4csc(N)n4)[C@@H]3SC2)n1. The fourth-order valence-corrected chi connectivity index (χ4v) is 7.11. The molecule has 3 aromatic rings. The van der Waals surface area contributed by atoms with Gasteiger partial charge in [0.1, 0.15) is 28.6 Å². The number of amides is 2. The molecule has 1 unspecified atom stereocenters. The van der Waals surface area contributed by atoms with E-state index in [0.717, 1.165) is 40.1 Å². The first kappa shape index (κ1) is 31.3. The van der Waals surface area contributed by atoms with Crippen molar-refractivity contribution < 1.29 is 44.4 Å². The van der Waals surface area contributed by atoms with Crippen molar-refractivity contribution in [1.82, 2.24) is 25.2 Å². The second-order valence-corrected chi connectivity index (χ2v) is 12.2. The molecule has 1 aromatic carbocycles. The number of anilines is 2. The number of aromatic nitrogens is 3. The number of hydrogen-bond acceptors (Lipinski definition) is 16. The van der Waals surface area contributed by atoms with Crippen LogP contribution in [0.25, 0.3) is 0 Å². The molecule has 4 heterocycles. The van der Waals surface area contributed by atoms with Crippen molar-refractivity contribution >= 4 is 75.3 Å². The van der Waals surface area contributed by atoms with Gasteiger partial charge >= 0.3 is 11.9 Å². The standard InChI is InChI=1S/C25H22N8O9S3/c26-14-3-4-28-25(30-14)45-7-10-6-43-21-16(20(37)33(21)17(10)22(38)39)31-19(36)15(11-8-44-24(27)29-11)32-42-18(23(40)41)9-1-2-12(34)13(35)5-9/h1-5,8,16,18,21,34-35H,6-7H2,(H2,27,29)(H,31,36)(H,38,39)(H,40,41)(H2,26,28,30)/b32-15-/t16?,18-,21+/m1/s1. The zero-order valence-corrected chi connectivity index (χ0v) is 25.0. The lowest BCUT2D eigenvalue weighted by Gasteiger charge is -2.49. The van der Waals surface area contributed by atoms with E-state index in [1.54, 1.807) is 0 Å². The Morgan fingerprint density at radius 1 is 1.18 bits per heavy atom. The predicted molar refractivity (Wildman–Crippen MR) is 161 cm³/mol. The number of thioether (sulfide) groups is 2. The second kappa shape index (κ2) is 12.9. The average molecular weight is 675 g/mol. The van der Waals surface area contributed by atoms with E-state index < -0.39 is 58.5 Å². The number of rotatable bonds is 11. The van der Waals surface area contributed by atoms with E-state index in [4.69, 9.17) is 16.3 Å². The lowest BCUT2D eigenvalue weighted by atomic mass is 10.0. The molecule has 0 saturated carbocycles. The fourth-order valence-electron chi connectivity index (χ4n) is 4.24. The van der Waals surface area contributed by atoms with Crippen molar-refractivity contribution in [2.24, 2.45) is 5.16 Å². The summed E-state index contributed by atoms with van der Waals surface area (Å²) in [6.07, 6.45) is -0.347. The minimum absolute atomic E-state index is 0.0581. The molecule has 9 N–H and O–H groups in total. The number of carboxylic acid groups (broad SMARTS) is 2. The molecule has 20 heteroatoms. The number of nitrogens with one attached hydrogen (secondary N) is 1. The van der Waals surface area contributed by atoms with E-state index in [9.17, 15) is 39.6 Å². The Morgan fingerprint density at radius 2 is 1.96 bits per heavy atom. The number of nitrogen functional groups attached to an aromatic ring is 2. The number of carbonyl (C=O) groups excluding carboxylic acids is 2. The Labute approximate surface area is 265 Å². The molecule has 2 aromatic heterocycles. The van der Waals surface area contributed by atoms with Crippen LogP contribution in [0.3, 0.4) is 0 Å². The number of phenols is 2. The third-order valence-corrected chi connectivity index (χ3v) is 9.28. The smallest absolute Gasteiger partial charge is 0.352 e. The molecule has 5 rings (SSSR count). The summed E-state index contributed by atoms with van der Waals surface area (Å²) < 4.78 is 0. The zero-order chi connectivity index (χ0) is 32.4. The van der Waals surface area contributed by atoms with Crippen molar-refractivity contribution in [3.8, 4) is 11.5 Å². The molecule has 234 valence electrons. The van der Waals surface area contributed by atoms with Gasteiger partial charge in [0.2, 0.25) is 6.10 Å². The zero-order valence-electron chi connectivity index (χ0n) is 22.6. The molecule has 2 aliphatic heterocycles. The van der Waals surface area contributed by atoms with Gasteiger partial charge in [0.05, 0.1) is 0 Å². The van der Waals surface area contributed by atoms with Gasteiger partial charge in [-0.15, -0.1) is 23.1 Å². The summed E-state index contributed by atoms with van der Waals surface area (Å²) in [5.74, 6) is -4.97. The molecule has 17 nitrogen and oxygen atoms in total. The summed E-state index contributed by atoms with van der Waals surface area (Å²) in [6, 6.07) is 3.53. The molecule has 2 amide bonds. The van der Waals surface area contributed by atoms with Gasteiger partial charge in [0, 0.05) is 28.6 Å². The third-order valence-electron chi connectivity index (χ3n) is 6.32. The van der Waals surface area contributed by atoms with Gasteiger partial charge in [-0.25, -0.2) is 24.5 Å². The molecule has 1 saturated heterocycles. The molecule has 3 atom stereocenters. The summed E-state index contributed by atoms with van der Waals surface area (Å²) in [5.41, 5.74) is 10.9. The van der Waals surface area contributed by atoms with E-state index in [2.05, 4.69) is 25.4 Å². The number of nitrogens with zero attached hydrogens (tertiary/aromatic N) is 5. The number of aromatic hydroxyl groups is 2. The van der Waals surface area contributed by atoms with E-state index in [1.807, 2.05) is 0 Å². The normalized spacial score (nSPS) is 18.5. The fraction of sp³-hybridized carbons (Fsp3) is 0.200. The van der Waals surface area contributed by atoms with Crippen molar-refractivity contribution in [3.63, 3.8) is 0 Å². The number of nitrogens with two attached hydrogens (primary N) is 2. The molecule has 2 aliphatic rings. The van der Waals surface area contributed by atoms with Crippen LogP contribution in [-0.2, 0) is 24.0 Å². The number of carboxylic acids is 2. The van der Waals surface area contributed by atoms with Gasteiger partial charge in [0.15, 0.2) is 27.5 Å². The predicted octanol–water partition coefficient (Wildman–Crippen LogP) is 0.586. The maximum atomic E-state index is 13.4. The molecule has 1 fully saturated rings. The van der Waals surface area contributed by atoms with E-state index >= 15 is 0 Å². The van der Waals surface area contributed by atoms with Crippen LogP contribution >= 0.6 is 34.9 Å². The van der Waals surface area contributed by atoms with Crippen LogP contribution in [0.4, 0.5) is 10.9 Å². The molecule has 45 heavy (non-hydrogen) atoms. The van der Waals surface area contributed by atoms with Gasteiger partial charge in [-0.2, -0.15) is 0 Å². The summed E-state index contributed by atoms with van der Waals surface area (Å²) in [6.45, 7) is 0. The van der Waals surface area contributed by atoms with E-state index in [1.165, 1.54) is 35.5 Å². The van der Waals surface area contributed by atoms with Crippen LogP contribution in [-0.4, -0.2) is 92.7 Å². The third kappa shape index (κ3) is 6.56. The lowest BCUT2D eigenvalue weighted by molar-refractivity contribution is -0.151. The maximum Gasteiger partial charge on any atom is 0.352 e. The molecular weight excluding hydrogens is 653 g/mol. The molecular formula is C25H22N8O9S3. The van der Waals surface area contributed by atoms with Crippen molar-refractivity contribution in [2.45, 2.75) is 22.7 Å². The number of carbonyl (C=O) groups is 4. The van der Waals surface area contributed by atoms with Gasteiger partial charge in [-0.05, 0) is 23.8 Å². The number of aliphatic carboxylic acids is 2. The molecule has 0 bridgehead atoms. The monoisotopic (exact) mass is 674 g/mol.